The van der Waals surface area contributed by atoms with Gasteiger partial charge in [0.15, 0.2) is 0 Å². The van der Waals surface area contributed by atoms with E-state index in [9.17, 15) is 4.79 Å². The third kappa shape index (κ3) is 2.65. The lowest BCUT2D eigenvalue weighted by Crippen LogP contribution is -2.20. The smallest absolute Gasteiger partial charge is 0.313 e. The molecule has 94 valence electrons. The summed E-state index contributed by atoms with van der Waals surface area (Å²) < 4.78 is 5.12. The van der Waals surface area contributed by atoms with Gasteiger partial charge in [-0.15, -0.1) is 0 Å². The first-order valence-electron chi connectivity index (χ1n) is 6.02. The van der Waals surface area contributed by atoms with Crippen LogP contribution in [0.2, 0.25) is 0 Å². The number of hydrogen-bond acceptors (Lipinski definition) is 2. The van der Waals surface area contributed by atoms with Gasteiger partial charge in [0.2, 0.25) is 0 Å². The average Bonchev–Trinajstić information content (AvgIpc) is 2.39. The number of ether oxygens (including phenoxy) is 1. The minimum atomic E-state index is -0.301. The van der Waals surface area contributed by atoms with Crippen molar-refractivity contribution in [3.8, 4) is 0 Å². The Morgan fingerprint density at radius 3 is 2.78 bits per heavy atom. The van der Waals surface area contributed by atoms with Gasteiger partial charge in [0, 0.05) is 5.03 Å². The van der Waals surface area contributed by atoms with Gasteiger partial charge >= 0.3 is 5.97 Å². The molecule has 0 bridgehead atoms. The molecule has 1 aromatic carbocycles. The van der Waals surface area contributed by atoms with Gasteiger partial charge in [0.05, 0.1) is 12.5 Å². The Bertz CT molecular complexity index is 488. The Hall–Kier alpha value is -1.54. The number of halogens is 1. The van der Waals surface area contributed by atoms with Gasteiger partial charge in [-0.25, -0.2) is 0 Å². The molecule has 0 N–H and O–H groups in total. The zero-order valence-electron chi connectivity index (χ0n) is 10.2. The number of allylic oxidation sites excluding steroid dienone is 3. The fourth-order valence-electron chi connectivity index (χ4n) is 2.10. The highest BCUT2D eigenvalue weighted by molar-refractivity contribution is 6.35. The number of benzene rings is 1. The van der Waals surface area contributed by atoms with Crippen LogP contribution in [0.3, 0.4) is 0 Å². The van der Waals surface area contributed by atoms with Crippen LogP contribution < -0.4 is 0 Å². The molecular formula is C15H15ClO2. The molecule has 0 radical (unpaired) electrons. The maximum Gasteiger partial charge on any atom is 0.313 e. The third-order valence-corrected chi connectivity index (χ3v) is 3.23. The topological polar surface area (TPSA) is 26.3 Å². The van der Waals surface area contributed by atoms with Gasteiger partial charge in [0.25, 0.3) is 0 Å². The molecule has 3 heteroatoms. The molecule has 0 saturated carbocycles. The summed E-state index contributed by atoms with van der Waals surface area (Å²) in [6.07, 6.45) is 4.40. The molecule has 2 rings (SSSR count). The largest absolute Gasteiger partial charge is 0.466 e. The Balaban J connectivity index is 2.38. The van der Waals surface area contributed by atoms with Crippen LogP contribution in [0.5, 0.6) is 0 Å². The van der Waals surface area contributed by atoms with Gasteiger partial charge < -0.3 is 4.74 Å². The molecule has 0 spiro atoms. The molecule has 0 fully saturated rings. The maximum absolute atomic E-state index is 12.0. The van der Waals surface area contributed by atoms with Gasteiger partial charge in [-0.2, -0.15) is 0 Å². The summed E-state index contributed by atoms with van der Waals surface area (Å²) in [7, 11) is 0. The Morgan fingerprint density at radius 2 is 2.11 bits per heavy atom. The maximum atomic E-state index is 12.0. The predicted molar refractivity (Wildman–Crippen MR) is 73.1 cm³/mol. The van der Waals surface area contributed by atoms with Crippen LogP contribution in [0.15, 0.2) is 47.5 Å². The van der Waals surface area contributed by atoms with E-state index < -0.39 is 0 Å². The van der Waals surface area contributed by atoms with E-state index >= 15 is 0 Å². The van der Waals surface area contributed by atoms with E-state index in [1.807, 2.05) is 49.4 Å². The molecule has 2 nitrogen and oxygen atoms in total. The molecule has 0 amide bonds. The number of carbonyl (C=O) groups is 1. The summed E-state index contributed by atoms with van der Waals surface area (Å²) in [5, 5.41) is 0.616. The monoisotopic (exact) mass is 262 g/mol. The summed E-state index contributed by atoms with van der Waals surface area (Å²) in [6, 6.07) is 9.74. The van der Waals surface area contributed by atoms with Crippen molar-refractivity contribution in [2.24, 2.45) is 5.92 Å². The van der Waals surface area contributed by atoms with E-state index in [1.165, 1.54) is 0 Å². The van der Waals surface area contributed by atoms with E-state index in [0.29, 0.717) is 18.1 Å². The standard InChI is InChI=1S/C15H15ClO2/c1-2-18-15(17)12-9-6-10-13(16)14(12)11-7-4-3-5-8-11/h3-8,10,12H,2,9H2,1H3. The summed E-state index contributed by atoms with van der Waals surface area (Å²) in [5.41, 5.74) is 1.84. The van der Waals surface area contributed by atoms with Crippen LogP contribution in [0, 0.1) is 5.92 Å². The molecule has 0 heterocycles. The molecule has 1 unspecified atom stereocenters. The zero-order chi connectivity index (χ0) is 13.0. The lowest BCUT2D eigenvalue weighted by molar-refractivity contribution is -0.145. The van der Waals surface area contributed by atoms with Crippen molar-refractivity contribution < 1.29 is 9.53 Å². The molecule has 1 aromatic rings. The van der Waals surface area contributed by atoms with E-state index in [1.54, 1.807) is 0 Å². The van der Waals surface area contributed by atoms with Gasteiger partial charge in [-0.1, -0.05) is 48.0 Å². The van der Waals surface area contributed by atoms with Crippen LogP contribution in [-0.2, 0) is 9.53 Å². The van der Waals surface area contributed by atoms with E-state index in [2.05, 4.69) is 0 Å². The van der Waals surface area contributed by atoms with Crippen LogP contribution >= 0.6 is 11.6 Å². The van der Waals surface area contributed by atoms with Gasteiger partial charge in [0.1, 0.15) is 0 Å². The molecule has 1 aliphatic carbocycles. The van der Waals surface area contributed by atoms with Crippen molar-refractivity contribution in [2.75, 3.05) is 6.61 Å². The van der Waals surface area contributed by atoms with Crippen LogP contribution in [0.25, 0.3) is 5.57 Å². The molecular weight excluding hydrogens is 248 g/mol. The first-order chi connectivity index (χ1) is 8.74. The van der Waals surface area contributed by atoms with E-state index in [-0.39, 0.29) is 11.9 Å². The second-order valence-electron chi connectivity index (χ2n) is 4.07. The first kappa shape index (κ1) is 12.9. The minimum absolute atomic E-state index is 0.209. The van der Waals surface area contributed by atoms with Gasteiger partial charge in [-0.05, 0) is 30.6 Å². The van der Waals surface area contributed by atoms with Crippen molar-refractivity contribution >= 4 is 23.1 Å². The van der Waals surface area contributed by atoms with Crippen molar-refractivity contribution in [1.82, 2.24) is 0 Å². The Morgan fingerprint density at radius 1 is 1.39 bits per heavy atom. The number of rotatable bonds is 3. The molecule has 1 atom stereocenters. The Kier molecular flexibility index (Phi) is 4.21. The average molecular weight is 263 g/mol. The van der Waals surface area contributed by atoms with Gasteiger partial charge in [-0.3, -0.25) is 4.79 Å². The SMILES string of the molecule is CCOC(=O)C1CC=CC(Cl)=C1c1ccccc1. The summed E-state index contributed by atoms with van der Waals surface area (Å²) >= 11 is 6.24. The van der Waals surface area contributed by atoms with Crippen molar-refractivity contribution in [3.63, 3.8) is 0 Å². The summed E-state index contributed by atoms with van der Waals surface area (Å²) in [6.45, 7) is 2.20. The second-order valence-corrected chi connectivity index (χ2v) is 4.48. The van der Waals surface area contributed by atoms with Crippen LogP contribution in [0.1, 0.15) is 18.9 Å². The van der Waals surface area contributed by atoms with Crippen LogP contribution in [0.4, 0.5) is 0 Å². The fraction of sp³-hybridized carbons (Fsp3) is 0.267. The highest BCUT2D eigenvalue weighted by atomic mass is 35.5. The quantitative estimate of drug-likeness (QED) is 0.775. The Labute approximate surface area is 112 Å². The van der Waals surface area contributed by atoms with E-state index in [0.717, 1.165) is 11.1 Å². The first-order valence-corrected chi connectivity index (χ1v) is 6.40. The second kappa shape index (κ2) is 5.87. The van der Waals surface area contributed by atoms with E-state index in [4.69, 9.17) is 16.3 Å². The molecule has 0 saturated heterocycles. The van der Waals surface area contributed by atoms with Crippen LogP contribution in [-0.4, -0.2) is 12.6 Å². The van der Waals surface area contributed by atoms with Crippen molar-refractivity contribution in [1.29, 1.82) is 0 Å². The highest BCUT2D eigenvalue weighted by Crippen LogP contribution is 2.36. The normalized spacial score (nSPS) is 18.9. The van der Waals surface area contributed by atoms with Crippen molar-refractivity contribution in [3.05, 3.63) is 53.1 Å². The summed E-state index contributed by atoms with van der Waals surface area (Å²) in [4.78, 5) is 12.0. The molecule has 1 aliphatic rings. The lowest BCUT2D eigenvalue weighted by atomic mass is 9.86. The number of carbonyl (C=O) groups excluding carboxylic acids is 1. The highest BCUT2D eigenvalue weighted by Gasteiger charge is 2.28. The lowest BCUT2D eigenvalue weighted by Gasteiger charge is -2.22. The zero-order valence-corrected chi connectivity index (χ0v) is 11.0. The number of esters is 1. The third-order valence-electron chi connectivity index (χ3n) is 2.90. The predicted octanol–water partition coefficient (Wildman–Crippen LogP) is 3.78. The van der Waals surface area contributed by atoms with Crippen molar-refractivity contribution in [2.45, 2.75) is 13.3 Å². The minimum Gasteiger partial charge on any atom is -0.466 e. The summed E-state index contributed by atoms with van der Waals surface area (Å²) in [5.74, 6) is -0.510. The molecule has 0 aliphatic heterocycles. The fourth-order valence-corrected chi connectivity index (χ4v) is 2.43. The molecule has 18 heavy (non-hydrogen) atoms. The molecule has 0 aromatic heterocycles. The number of hydrogen-bond donors (Lipinski definition) is 0.